The summed E-state index contributed by atoms with van der Waals surface area (Å²) in [5, 5.41) is 3.49. The maximum atomic E-state index is 13.0. The summed E-state index contributed by atoms with van der Waals surface area (Å²) in [7, 11) is 0. The molecule has 0 aromatic rings. The van der Waals surface area contributed by atoms with Crippen LogP contribution in [0.1, 0.15) is 71.1 Å². The van der Waals surface area contributed by atoms with Crippen molar-refractivity contribution in [1.29, 1.82) is 0 Å². The number of nitrogens with zero attached hydrogens (tertiary/aromatic N) is 1. The Morgan fingerprint density at radius 2 is 1.81 bits per heavy atom. The van der Waals surface area contributed by atoms with Gasteiger partial charge in [0.25, 0.3) is 0 Å². The van der Waals surface area contributed by atoms with Crippen LogP contribution in [0.15, 0.2) is 0 Å². The van der Waals surface area contributed by atoms with Crippen LogP contribution in [0, 0.1) is 11.8 Å². The molecular formula is C18H32N2O. The van der Waals surface area contributed by atoms with Crippen molar-refractivity contribution < 1.29 is 4.79 Å². The quantitative estimate of drug-likeness (QED) is 0.843. The van der Waals surface area contributed by atoms with Crippen molar-refractivity contribution in [1.82, 2.24) is 10.2 Å². The fraction of sp³-hybridized carbons (Fsp3) is 0.944. The number of carbonyl (C=O) groups excluding carboxylic acids is 1. The van der Waals surface area contributed by atoms with E-state index in [0.717, 1.165) is 31.3 Å². The van der Waals surface area contributed by atoms with Crippen LogP contribution >= 0.6 is 0 Å². The van der Waals surface area contributed by atoms with Crippen LogP contribution in [0.2, 0.25) is 0 Å². The molecule has 0 bridgehead atoms. The number of hydrogen-bond acceptors (Lipinski definition) is 2. The molecule has 1 saturated heterocycles. The molecular weight excluding hydrogens is 260 g/mol. The molecule has 3 heteroatoms. The number of carbonyl (C=O) groups is 1. The molecule has 3 aliphatic rings. The number of amides is 1. The topological polar surface area (TPSA) is 32.3 Å². The van der Waals surface area contributed by atoms with Crippen LogP contribution in [0.3, 0.4) is 0 Å². The Kier molecular flexibility index (Phi) is 5.20. The second-order valence-corrected chi connectivity index (χ2v) is 7.53. The molecule has 1 amide bonds. The Morgan fingerprint density at radius 3 is 2.48 bits per heavy atom. The van der Waals surface area contributed by atoms with E-state index in [4.69, 9.17) is 0 Å². The van der Waals surface area contributed by atoms with Crippen LogP contribution in [-0.2, 0) is 4.79 Å². The normalized spacial score (nSPS) is 31.1. The van der Waals surface area contributed by atoms with Gasteiger partial charge in [-0.15, -0.1) is 0 Å². The first-order valence-corrected chi connectivity index (χ1v) is 9.31. The minimum absolute atomic E-state index is 0.105. The molecule has 1 heterocycles. The lowest BCUT2D eigenvalue weighted by molar-refractivity contribution is -0.136. The molecule has 120 valence electrons. The van der Waals surface area contributed by atoms with E-state index < -0.39 is 0 Å². The molecule has 1 aliphatic heterocycles. The highest BCUT2D eigenvalue weighted by molar-refractivity contribution is 5.82. The van der Waals surface area contributed by atoms with Crippen LogP contribution < -0.4 is 5.32 Å². The first-order valence-electron chi connectivity index (χ1n) is 9.31. The standard InChI is InChI=1S/C18H32N2O/c1-2-14-10-11-19-17(12-14)18(21)20(16-8-9-16)13-15-6-4-3-5-7-15/h14-17,19H,2-13H2,1H3. The minimum Gasteiger partial charge on any atom is -0.338 e. The van der Waals surface area contributed by atoms with Gasteiger partial charge in [0.15, 0.2) is 0 Å². The third kappa shape index (κ3) is 4.00. The zero-order valence-corrected chi connectivity index (χ0v) is 13.7. The third-order valence-electron chi connectivity index (χ3n) is 5.84. The number of nitrogens with one attached hydrogen (secondary N) is 1. The SMILES string of the molecule is CCC1CCNC(C(=O)N(CC2CCCCC2)C2CC2)C1. The highest BCUT2D eigenvalue weighted by Crippen LogP contribution is 2.33. The van der Waals surface area contributed by atoms with Gasteiger partial charge in [-0.1, -0.05) is 32.6 Å². The number of piperidine rings is 1. The van der Waals surface area contributed by atoms with Crippen molar-refractivity contribution in [3.63, 3.8) is 0 Å². The molecule has 1 N–H and O–H groups in total. The third-order valence-corrected chi connectivity index (χ3v) is 5.84. The Labute approximate surface area is 129 Å². The lowest BCUT2D eigenvalue weighted by Gasteiger charge is -2.35. The van der Waals surface area contributed by atoms with Gasteiger partial charge in [-0.25, -0.2) is 0 Å². The van der Waals surface area contributed by atoms with E-state index in [9.17, 15) is 4.79 Å². The Bertz CT molecular complexity index is 347. The van der Waals surface area contributed by atoms with E-state index in [1.54, 1.807) is 0 Å². The second-order valence-electron chi connectivity index (χ2n) is 7.53. The fourth-order valence-electron chi connectivity index (χ4n) is 4.21. The summed E-state index contributed by atoms with van der Waals surface area (Å²) in [5.74, 6) is 1.94. The molecule has 3 fully saturated rings. The zero-order valence-electron chi connectivity index (χ0n) is 13.7. The van der Waals surface area contributed by atoms with Gasteiger partial charge < -0.3 is 10.2 Å². The fourth-order valence-corrected chi connectivity index (χ4v) is 4.21. The van der Waals surface area contributed by atoms with Crippen LogP contribution in [0.4, 0.5) is 0 Å². The predicted octanol–water partition coefficient (Wildman–Crippen LogP) is 3.34. The predicted molar refractivity (Wildman–Crippen MR) is 86.1 cm³/mol. The summed E-state index contributed by atoms with van der Waals surface area (Å²) in [4.78, 5) is 15.2. The molecule has 0 spiro atoms. The summed E-state index contributed by atoms with van der Waals surface area (Å²) in [6.45, 7) is 4.33. The van der Waals surface area contributed by atoms with Crippen molar-refractivity contribution in [3.8, 4) is 0 Å². The highest BCUT2D eigenvalue weighted by atomic mass is 16.2. The van der Waals surface area contributed by atoms with E-state index in [0.29, 0.717) is 11.9 Å². The van der Waals surface area contributed by atoms with Crippen molar-refractivity contribution in [2.75, 3.05) is 13.1 Å². The lowest BCUT2D eigenvalue weighted by atomic mass is 9.87. The first-order chi connectivity index (χ1) is 10.3. The highest BCUT2D eigenvalue weighted by Gasteiger charge is 2.38. The maximum Gasteiger partial charge on any atom is 0.239 e. The molecule has 2 unspecified atom stereocenters. The number of rotatable bonds is 5. The van der Waals surface area contributed by atoms with E-state index >= 15 is 0 Å². The molecule has 2 aliphatic carbocycles. The summed E-state index contributed by atoms with van der Waals surface area (Å²) in [6.07, 6.45) is 12.8. The molecule has 3 rings (SSSR count). The van der Waals surface area contributed by atoms with E-state index in [2.05, 4.69) is 17.1 Å². The Morgan fingerprint density at radius 1 is 1.05 bits per heavy atom. The average molecular weight is 292 g/mol. The average Bonchev–Trinajstić information content (AvgIpc) is 3.38. The summed E-state index contributed by atoms with van der Waals surface area (Å²) in [5.41, 5.74) is 0. The van der Waals surface area contributed by atoms with Crippen molar-refractivity contribution in [3.05, 3.63) is 0 Å². The number of hydrogen-bond donors (Lipinski definition) is 1. The minimum atomic E-state index is 0.105. The first kappa shape index (κ1) is 15.3. The second kappa shape index (κ2) is 7.13. The van der Waals surface area contributed by atoms with Gasteiger partial charge in [-0.3, -0.25) is 4.79 Å². The molecule has 3 nitrogen and oxygen atoms in total. The van der Waals surface area contributed by atoms with Gasteiger partial charge in [-0.2, -0.15) is 0 Å². The van der Waals surface area contributed by atoms with Gasteiger partial charge >= 0.3 is 0 Å². The van der Waals surface area contributed by atoms with Gasteiger partial charge in [0, 0.05) is 12.6 Å². The van der Waals surface area contributed by atoms with E-state index in [1.807, 2.05) is 0 Å². The van der Waals surface area contributed by atoms with Crippen molar-refractivity contribution in [2.45, 2.75) is 83.2 Å². The summed E-state index contributed by atoms with van der Waals surface area (Å²) < 4.78 is 0. The van der Waals surface area contributed by atoms with Crippen LogP contribution in [0.5, 0.6) is 0 Å². The Hall–Kier alpha value is -0.570. The molecule has 0 aromatic carbocycles. The molecule has 2 atom stereocenters. The molecule has 0 aromatic heterocycles. The van der Waals surface area contributed by atoms with Crippen LogP contribution in [-0.4, -0.2) is 36.0 Å². The molecule has 0 radical (unpaired) electrons. The largest absolute Gasteiger partial charge is 0.338 e. The van der Waals surface area contributed by atoms with Crippen molar-refractivity contribution >= 4 is 5.91 Å². The van der Waals surface area contributed by atoms with Gasteiger partial charge in [0.05, 0.1) is 6.04 Å². The maximum absolute atomic E-state index is 13.0. The van der Waals surface area contributed by atoms with E-state index in [-0.39, 0.29) is 6.04 Å². The monoisotopic (exact) mass is 292 g/mol. The van der Waals surface area contributed by atoms with Crippen molar-refractivity contribution in [2.24, 2.45) is 11.8 Å². The van der Waals surface area contributed by atoms with Gasteiger partial charge in [-0.05, 0) is 56.9 Å². The smallest absolute Gasteiger partial charge is 0.239 e. The van der Waals surface area contributed by atoms with Gasteiger partial charge in [0.1, 0.15) is 0 Å². The van der Waals surface area contributed by atoms with Crippen LogP contribution in [0.25, 0.3) is 0 Å². The molecule has 2 saturated carbocycles. The molecule has 21 heavy (non-hydrogen) atoms. The Balaban J connectivity index is 1.58. The summed E-state index contributed by atoms with van der Waals surface area (Å²) >= 11 is 0. The van der Waals surface area contributed by atoms with Gasteiger partial charge in [0.2, 0.25) is 5.91 Å². The lowest BCUT2D eigenvalue weighted by Crippen LogP contribution is -2.52. The van der Waals surface area contributed by atoms with E-state index in [1.165, 1.54) is 57.8 Å². The zero-order chi connectivity index (χ0) is 14.7. The summed E-state index contributed by atoms with van der Waals surface area (Å²) in [6, 6.07) is 0.677.